The lowest BCUT2D eigenvalue weighted by Gasteiger charge is -2.29. The standard InChI is InChI=1S/C10H17BrF3NO/c11-4-5-15(8-10(12,13)14)7-9-3-1-2-6-16-9/h9H,1-8H2. The average molecular weight is 304 g/mol. The molecule has 0 amide bonds. The highest BCUT2D eigenvalue weighted by Gasteiger charge is 2.31. The molecule has 0 N–H and O–H groups in total. The number of hydrogen-bond acceptors (Lipinski definition) is 2. The highest BCUT2D eigenvalue weighted by molar-refractivity contribution is 9.09. The van der Waals surface area contributed by atoms with Crippen LogP contribution < -0.4 is 0 Å². The van der Waals surface area contributed by atoms with Crippen molar-refractivity contribution < 1.29 is 17.9 Å². The third kappa shape index (κ3) is 6.06. The molecule has 0 aliphatic carbocycles. The Balaban J connectivity index is 2.36. The second kappa shape index (κ2) is 6.81. The highest BCUT2D eigenvalue weighted by Crippen LogP contribution is 2.19. The van der Waals surface area contributed by atoms with Crippen LogP contribution in [-0.4, -0.2) is 48.8 Å². The number of rotatable bonds is 5. The molecule has 1 unspecified atom stereocenters. The van der Waals surface area contributed by atoms with E-state index >= 15 is 0 Å². The van der Waals surface area contributed by atoms with Crippen LogP contribution in [0.2, 0.25) is 0 Å². The summed E-state index contributed by atoms with van der Waals surface area (Å²) in [4.78, 5) is 1.41. The van der Waals surface area contributed by atoms with Gasteiger partial charge in [-0.3, -0.25) is 4.90 Å². The van der Waals surface area contributed by atoms with E-state index in [0.29, 0.717) is 25.0 Å². The fourth-order valence-electron chi connectivity index (χ4n) is 1.85. The summed E-state index contributed by atoms with van der Waals surface area (Å²) in [7, 11) is 0. The molecule has 0 aromatic heterocycles. The van der Waals surface area contributed by atoms with Gasteiger partial charge in [0.1, 0.15) is 0 Å². The second-order valence-electron chi connectivity index (χ2n) is 4.03. The van der Waals surface area contributed by atoms with Crippen molar-refractivity contribution in [2.45, 2.75) is 31.5 Å². The molecule has 1 fully saturated rings. The molecule has 6 heteroatoms. The third-order valence-corrected chi connectivity index (χ3v) is 2.89. The Morgan fingerprint density at radius 2 is 2.06 bits per heavy atom. The summed E-state index contributed by atoms with van der Waals surface area (Å²) in [5, 5.41) is 0.551. The van der Waals surface area contributed by atoms with Crippen molar-refractivity contribution in [1.82, 2.24) is 4.90 Å². The summed E-state index contributed by atoms with van der Waals surface area (Å²) in [6, 6.07) is 0. The number of ether oxygens (including phenoxy) is 1. The molecule has 1 saturated heterocycles. The van der Waals surface area contributed by atoms with E-state index in [1.807, 2.05) is 0 Å². The second-order valence-corrected chi connectivity index (χ2v) is 4.82. The SMILES string of the molecule is FC(F)(F)CN(CCBr)CC1CCCCO1. The minimum atomic E-state index is -4.13. The van der Waals surface area contributed by atoms with Crippen LogP contribution in [0.25, 0.3) is 0 Å². The quantitative estimate of drug-likeness (QED) is 0.724. The lowest BCUT2D eigenvalue weighted by molar-refractivity contribution is -0.149. The van der Waals surface area contributed by atoms with Gasteiger partial charge < -0.3 is 4.74 Å². The number of hydrogen-bond donors (Lipinski definition) is 0. The monoisotopic (exact) mass is 303 g/mol. The predicted octanol–water partition coefficient (Wildman–Crippen LogP) is 2.81. The van der Waals surface area contributed by atoms with Crippen LogP contribution in [0, 0.1) is 0 Å². The molecule has 0 aromatic carbocycles. The fraction of sp³-hybridized carbons (Fsp3) is 1.00. The van der Waals surface area contributed by atoms with Gasteiger partial charge in [0.15, 0.2) is 0 Å². The Hall–Kier alpha value is 0.190. The summed E-state index contributed by atoms with van der Waals surface area (Å²) in [5.74, 6) is 0. The lowest BCUT2D eigenvalue weighted by atomic mass is 10.1. The van der Waals surface area contributed by atoms with E-state index in [2.05, 4.69) is 15.9 Å². The smallest absolute Gasteiger partial charge is 0.377 e. The molecule has 0 radical (unpaired) electrons. The zero-order valence-corrected chi connectivity index (χ0v) is 10.7. The molecule has 1 atom stereocenters. The van der Waals surface area contributed by atoms with E-state index in [9.17, 15) is 13.2 Å². The van der Waals surface area contributed by atoms with E-state index in [4.69, 9.17) is 4.74 Å². The Bertz CT molecular complexity index is 195. The van der Waals surface area contributed by atoms with Crippen LogP contribution in [0.1, 0.15) is 19.3 Å². The maximum Gasteiger partial charge on any atom is 0.401 e. The van der Waals surface area contributed by atoms with Crippen LogP contribution in [0.15, 0.2) is 0 Å². The van der Waals surface area contributed by atoms with E-state index in [1.165, 1.54) is 4.90 Å². The average Bonchev–Trinajstić information content (AvgIpc) is 2.17. The highest BCUT2D eigenvalue weighted by atomic mass is 79.9. The first-order valence-electron chi connectivity index (χ1n) is 5.48. The predicted molar refractivity (Wildman–Crippen MR) is 59.9 cm³/mol. The maximum absolute atomic E-state index is 12.3. The third-order valence-electron chi connectivity index (χ3n) is 2.54. The molecule has 2 nitrogen and oxygen atoms in total. The summed E-state index contributed by atoms with van der Waals surface area (Å²) in [6.45, 7) is 0.613. The number of halogens is 4. The minimum absolute atomic E-state index is 0.0323. The molecule has 16 heavy (non-hydrogen) atoms. The van der Waals surface area contributed by atoms with E-state index in [0.717, 1.165) is 19.3 Å². The lowest BCUT2D eigenvalue weighted by Crippen LogP contribution is -2.42. The van der Waals surface area contributed by atoms with Crippen LogP contribution in [0.4, 0.5) is 13.2 Å². The van der Waals surface area contributed by atoms with Gasteiger partial charge in [0.25, 0.3) is 0 Å². The molecular weight excluding hydrogens is 287 g/mol. The first-order chi connectivity index (χ1) is 7.51. The zero-order chi connectivity index (χ0) is 12.0. The fourth-order valence-corrected chi connectivity index (χ4v) is 2.35. The maximum atomic E-state index is 12.3. The van der Waals surface area contributed by atoms with Gasteiger partial charge in [0, 0.05) is 25.0 Å². The van der Waals surface area contributed by atoms with Gasteiger partial charge in [-0.1, -0.05) is 15.9 Å². The van der Waals surface area contributed by atoms with Crippen molar-refractivity contribution in [3.8, 4) is 0 Å². The molecule has 0 saturated carbocycles. The van der Waals surface area contributed by atoms with Crippen molar-refractivity contribution in [1.29, 1.82) is 0 Å². The summed E-state index contributed by atoms with van der Waals surface area (Å²) in [6.07, 6.45) is -1.21. The van der Waals surface area contributed by atoms with E-state index in [1.54, 1.807) is 0 Å². The molecular formula is C10H17BrF3NO. The van der Waals surface area contributed by atoms with Crippen molar-refractivity contribution >= 4 is 15.9 Å². The first kappa shape index (κ1) is 14.3. The van der Waals surface area contributed by atoms with E-state index in [-0.39, 0.29) is 6.10 Å². The Morgan fingerprint density at radius 3 is 2.56 bits per heavy atom. The Labute approximate surface area is 102 Å². The van der Waals surface area contributed by atoms with Crippen LogP contribution >= 0.6 is 15.9 Å². The van der Waals surface area contributed by atoms with Gasteiger partial charge in [0.05, 0.1) is 12.6 Å². The number of nitrogens with zero attached hydrogens (tertiary/aromatic N) is 1. The topological polar surface area (TPSA) is 12.5 Å². The van der Waals surface area contributed by atoms with Crippen molar-refractivity contribution in [2.75, 3.05) is 31.6 Å². The summed E-state index contributed by atoms with van der Waals surface area (Å²) < 4.78 is 42.3. The van der Waals surface area contributed by atoms with Gasteiger partial charge in [-0.15, -0.1) is 0 Å². The zero-order valence-electron chi connectivity index (χ0n) is 9.10. The first-order valence-corrected chi connectivity index (χ1v) is 6.60. The molecule has 96 valence electrons. The van der Waals surface area contributed by atoms with Crippen molar-refractivity contribution in [3.63, 3.8) is 0 Å². The summed E-state index contributed by atoms with van der Waals surface area (Å²) in [5.41, 5.74) is 0. The van der Waals surface area contributed by atoms with Crippen LogP contribution in [0.5, 0.6) is 0 Å². The van der Waals surface area contributed by atoms with Gasteiger partial charge in [0.2, 0.25) is 0 Å². The van der Waals surface area contributed by atoms with Crippen LogP contribution in [0.3, 0.4) is 0 Å². The molecule has 1 rings (SSSR count). The van der Waals surface area contributed by atoms with E-state index < -0.39 is 12.7 Å². The van der Waals surface area contributed by atoms with Crippen LogP contribution in [-0.2, 0) is 4.74 Å². The summed E-state index contributed by atoms with van der Waals surface area (Å²) >= 11 is 3.17. The molecule has 0 spiro atoms. The largest absolute Gasteiger partial charge is 0.401 e. The molecule has 1 aliphatic rings. The van der Waals surface area contributed by atoms with Crippen molar-refractivity contribution in [2.24, 2.45) is 0 Å². The van der Waals surface area contributed by atoms with Gasteiger partial charge in [-0.25, -0.2) is 0 Å². The van der Waals surface area contributed by atoms with Gasteiger partial charge in [-0.05, 0) is 19.3 Å². The van der Waals surface area contributed by atoms with Gasteiger partial charge in [-0.2, -0.15) is 13.2 Å². The molecule has 1 heterocycles. The van der Waals surface area contributed by atoms with Crippen molar-refractivity contribution in [3.05, 3.63) is 0 Å². The normalized spacial score (nSPS) is 22.7. The number of alkyl halides is 4. The molecule has 1 aliphatic heterocycles. The minimum Gasteiger partial charge on any atom is -0.377 e. The van der Waals surface area contributed by atoms with Gasteiger partial charge >= 0.3 is 6.18 Å². The molecule has 0 bridgehead atoms. The Kier molecular flexibility index (Phi) is 6.07. The Morgan fingerprint density at radius 1 is 1.31 bits per heavy atom. The molecule has 0 aromatic rings.